The van der Waals surface area contributed by atoms with E-state index in [2.05, 4.69) is 10.6 Å². The maximum Gasteiger partial charge on any atom is 0.268 e. The molecule has 1 fully saturated rings. The minimum Gasteiger partial charge on any atom is -0.476 e. The number of carbonyl (C=O) groups is 2. The van der Waals surface area contributed by atoms with Crippen molar-refractivity contribution in [2.45, 2.75) is 31.9 Å². The van der Waals surface area contributed by atoms with Crippen LogP contribution in [0.25, 0.3) is 0 Å². The number of nitrogens with one attached hydrogen (secondary N) is 2. The summed E-state index contributed by atoms with van der Waals surface area (Å²) in [6.45, 7) is 3.39. The van der Waals surface area contributed by atoms with E-state index in [0.717, 1.165) is 25.9 Å². The van der Waals surface area contributed by atoms with Crippen LogP contribution in [-0.2, 0) is 4.79 Å². The zero-order chi connectivity index (χ0) is 21.7. The zero-order valence-corrected chi connectivity index (χ0v) is 17.6. The first-order valence-corrected chi connectivity index (χ1v) is 10.1. The molecule has 1 heterocycles. The molecule has 2 N–H and O–H groups in total. The van der Waals surface area contributed by atoms with Crippen molar-refractivity contribution < 1.29 is 18.7 Å². The fourth-order valence-corrected chi connectivity index (χ4v) is 3.56. The maximum absolute atomic E-state index is 14.2. The molecular formula is C23H28FN3O3. The minimum absolute atomic E-state index is 0.107. The van der Waals surface area contributed by atoms with Gasteiger partial charge in [-0.25, -0.2) is 4.39 Å². The third kappa shape index (κ3) is 4.97. The zero-order valence-electron chi connectivity index (χ0n) is 17.6. The van der Waals surface area contributed by atoms with Gasteiger partial charge < -0.3 is 20.3 Å². The molecule has 2 amide bonds. The number of rotatable bonds is 6. The van der Waals surface area contributed by atoms with Crippen LogP contribution in [0.5, 0.6) is 5.75 Å². The van der Waals surface area contributed by atoms with Crippen molar-refractivity contribution in [2.24, 2.45) is 0 Å². The molecule has 0 aliphatic carbocycles. The second-order valence-electron chi connectivity index (χ2n) is 7.54. The largest absolute Gasteiger partial charge is 0.476 e. The van der Waals surface area contributed by atoms with Gasteiger partial charge in [0.2, 0.25) is 6.10 Å². The van der Waals surface area contributed by atoms with Crippen molar-refractivity contribution in [1.82, 2.24) is 15.5 Å². The SMILES string of the molecule is CNC(=O)c1ccc(O[C@@H](C(=O)N(C)C2CCNCC2)c2ccc(C)c(F)c2)cc1. The lowest BCUT2D eigenvalue weighted by Crippen LogP contribution is -2.46. The van der Waals surface area contributed by atoms with Gasteiger partial charge in [0.25, 0.3) is 11.8 Å². The Labute approximate surface area is 176 Å². The van der Waals surface area contributed by atoms with Gasteiger partial charge in [0.15, 0.2) is 0 Å². The highest BCUT2D eigenvalue weighted by Crippen LogP contribution is 2.27. The summed E-state index contributed by atoms with van der Waals surface area (Å²) in [6, 6.07) is 11.4. The average molecular weight is 413 g/mol. The van der Waals surface area contributed by atoms with Crippen LogP contribution in [0.1, 0.15) is 40.4 Å². The third-order valence-electron chi connectivity index (χ3n) is 5.52. The van der Waals surface area contributed by atoms with Gasteiger partial charge in [-0.2, -0.15) is 0 Å². The van der Waals surface area contributed by atoms with Crippen LogP contribution in [0.15, 0.2) is 42.5 Å². The molecule has 2 aromatic carbocycles. The van der Waals surface area contributed by atoms with Crippen molar-refractivity contribution in [2.75, 3.05) is 27.2 Å². The fraction of sp³-hybridized carbons (Fsp3) is 0.391. The van der Waals surface area contributed by atoms with Crippen molar-refractivity contribution in [3.8, 4) is 5.75 Å². The molecule has 30 heavy (non-hydrogen) atoms. The lowest BCUT2D eigenvalue weighted by molar-refractivity contribution is -0.140. The Hall–Kier alpha value is -2.93. The van der Waals surface area contributed by atoms with E-state index in [9.17, 15) is 14.0 Å². The summed E-state index contributed by atoms with van der Waals surface area (Å²) in [7, 11) is 3.33. The van der Waals surface area contributed by atoms with E-state index >= 15 is 0 Å². The topological polar surface area (TPSA) is 70.7 Å². The molecule has 0 unspecified atom stereocenters. The fourth-order valence-electron chi connectivity index (χ4n) is 3.56. The first-order valence-electron chi connectivity index (χ1n) is 10.1. The van der Waals surface area contributed by atoms with Gasteiger partial charge in [0, 0.05) is 31.3 Å². The van der Waals surface area contributed by atoms with Crippen molar-refractivity contribution in [3.05, 3.63) is 65.0 Å². The Kier molecular flexibility index (Phi) is 7.05. The molecule has 1 aliphatic rings. The molecular weight excluding hydrogens is 385 g/mol. The van der Waals surface area contributed by atoms with Gasteiger partial charge in [-0.05, 0) is 68.8 Å². The first-order chi connectivity index (χ1) is 14.4. The number of hydrogen-bond donors (Lipinski definition) is 2. The van der Waals surface area contributed by atoms with Crippen LogP contribution in [-0.4, -0.2) is 49.9 Å². The third-order valence-corrected chi connectivity index (χ3v) is 5.52. The van der Waals surface area contributed by atoms with Gasteiger partial charge >= 0.3 is 0 Å². The van der Waals surface area contributed by atoms with E-state index in [-0.39, 0.29) is 23.7 Å². The summed E-state index contributed by atoms with van der Waals surface area (Å²) in [5.41, 5.74) is 1.45. The monoisotopic (exact) mass is 413 g/mol. The molecule has 1 atom stereocenters. The van der Waals surface area contributed by atoms with Crippen LogP contribution in [0.2, 0.25) is 0 Å². The highest BCUT2D eigenvalue weighted by atomic mass is 19.1. The molecule has 0 bridgehead atoms. The summed E-state index contributed by atoms with van der Waals surface area (Å²) < 4.78 is 20.3. The van der Waals surface area contributed by atoms with Crippen LogP contribution >= 0.6 is 0 Å². The summed E-state index contributed by atoms with van der Waals surface area (Å²) >= 11 is 0. The van der Waals surface area contributed by atoms with Crippen LogP contribution in [0.4, 0.5) is 4.39 Å². The van der Waals surface area contributed by atoms with E-state index in [1.54, 1.807) is 62.3 Å². The Morgan fingerprint density at radius 1 is 1.17 bits per heavy atom. The molecule has 0 aromatic heterocycles. The second-order valence-corrected chi connectivity index (χ2v) is 7.54. The molecule has 0 radical (unpaired) electrons. The highest BCUT2D eigenvalue weighted by molar-refractivity contribution is 5.94. The Bertz CT molecular complexity index is 895. The summed E-state index contributed by atoms with van der Waals surface area (Å²) in [4.78, 5) is 26.8. The summed E-state index contributed by atoms with van der Waals surface area (Å²) in [5, 5.41) is 5.85. The van der Waals surface area contributed by atoms with Crippen LogP contribution in [0.3, 0.4) is 0 Å². The van der Waals surface area contributed by atoms with Gasteiger partial charge in [0.1, 0.15) is 11.6 Å². The van der Waals surface area contributed by atoms with Crippen LogP contribution < -0.4 is 15.4 Å². The van der Waals surface area contributed by atoms with Crippen LogP contribution in [0, 0.1) is 12.7 Å². The Morgan fingerprint density at radius 3 is 2.43 bits per heavy atom. The molecule has 1 saturated heterocycles. The number of amides is 2. The highest BCUT2D eigenvalue weighted by Gasteiger charge is 2.31. The molecule has 0 spiro atoms. The number of benzene rings is 2. The van der Waals surface area contributed by atoms with Crippen molar-refractivity contribution >= 4 is 11.8 Å². The smallest absolute Gasteiger partial charge is 0.268 e. The van der Waals surface area contributed by atoms with Crippen molar-refractivity contribution in [1.29, 1.82) is 0 Å². The Morgan fingerprint density at radius 2 is 1.83 bits per heavy atom. The number of carbonyl (C=O) groups excluding carboxylic acids is 2. The molecule has 1 aliphatic heterocycles. The predicted molar refractivity (Wildman–Crippen MR) is 113 cm³/mol. The molecule has 160 valence electrons. The predicted octanol–water partition coefficient (Wildman–Crippen LogP) is 2.82. The number of hydrogen-bond acceptors (Lipinski definition) is 4. The number of piperidine rings is 1. The van der Waals surface area contributed by atoms with E-state index < -0.39 is 6.10 Å². The number of aryl methyl sites for hydroxylation is 1. The van der Waals surface area contributed by atoms with Gasteiger partial charge in [0.05, 0.1) is 0 Å². The minimum atomic E-state index is -0.981. The Balaban J connectivity index is 1.87. The number of ether oxygens (including phenoxy) is 1. The van der Waals surface area contributed by atoms with Gasteiger partial charge in [-0.3, -0.25) is 9.59 Å². The second kappa shape index (κ2) is 9.71. The normalized spacial score (nSPS) is 15.3. The average Bonchev–Trinajstić information content (AvgIpc) is 2.79. The molecule has 6 nitrogen and oxygen atoms in total. The molecule has 7 heteroatoms. The summed E-state index contributed by atoms with van der Waals surface area (Å²) in [5.74, 6) is -0.380. The molecule has 3 rings (SSSR count). The lowest BCUT2D eigenvalue weighted by Gasteiger charge is -2.34. The van der Waals surface area contributed by atoms with E-state index in [0.29, 0.717) is 22.4 Å². The summed E-state index contributed by atoms with van der Waals surface area (Å²) in [6.07, 6.45) is 0.738. The van der Waals surface area contributed by atoms with E-state index in [1.165, 1.54) is 6.07 Å². The number of nitrogens with zero attached hydrogens (tertiary/aromatic N) is 1. The molecule has 2 aromatic rings. The quantitative estimate of drug-likeness (QED) is 0.764. The van der Waals surface area contributed by atoms with E-state index in [4.69, 9.17) is 4.74 Å². The maximum atomic E-state index is 14.2. The first kappa shape index (κ1) is 21.8. The standard InChI is InChI=1S/C23H28FN3O3/c1-15-4-5-17(14-20(15)24)21(23(29)27(3)18-10-12-26-13-11-18)30-19-8-6-16(7-9-19)22(28)25-2/h4-9,14,18,21,26H,10-13H2,1-3H3,(H,25,28)/t21-/m1/s1. The number of likely N-dealkylation sites (N-methyl/N-ethyl adjacent to an activating group) is 1. The van der Waals surface area contributed by atoms with Crippen molar-refractivity contribution in [3.63, 3.8) is 0 Å². The molecule has 0 saturated carbocycles. The van der Waals surface area contributed by atoms with E-state index in [1.807, 2.05) is 0 Å². The number of halogens is 1. The van der Waals surface area contributed by atoms with Gasteiger partial charge in [-0.1, -0.05) is 12.1 Å². The lowest BCUT2D eigenvalue weighted by atomic mass is 10.0. The van der Waals surface area contributed by atoms with Gasteiger partial charge in [-0.15, -0.1) is 0 Å².